The molecule has 25 heteroatoms. The molecular formula is C11F23NO. The first-order valence-electron chi connectivity index (χ1n) is 7.21. The third-order valence-corrected chi connectivity index (χ3v) is 3.52. The van der Waals surface area contributed by atoms with Gasteiger partial charge in [-0.25, -0.2) is 4.39 Å². The van der Waals surface area contributed by atoms with Gasteiger partial charge in [0.25, 0.3) is 0 Å². The van der Waals surface area contributed by atoms with Crippen LogP contribution in [0.15, 0.2) is 5.16 Å². The Morgan fingerprint density at radius 1 is 0.389 bits per heavy atom. The van der Waals surface area contributed by atoms with Gasteiger partial charge in [0.2, 0.25) is 0 Å². The molecule has 0 fully saturated rings. The van der Waals surface area contributed by atoms with E-state index in [0.717, 1.165) is 0 Å². The molecule has 0 bridgehead atoms. The van der Waals surface area contributed by atoms with Crippen molar-refractivity contribution in [3.8, 4) is 0 Å². The van der Waals surface area contributed by atoms with Gasteiger partial charge in [-0.2, -0.15) is 96.6 Å². The SMILES string of the molecule is FC(F)(F)C(F)(F)C(F)(F)/C(=N\OC(F)(F)C(F)(F)C(F)(F)C(F)(F)F)C(F)(C(F)(F)F)C(F)(F)F. The minimum absolute atomic E-state index is 0.145. The summed E-state index contributed by atoms with van der Waals surface area (Å²) in [5, 5.41) is -0.145. The minimum atomic E-state index is -8.48. The first-order valence-corrected chi connectivity index (χ1v) is 7.21. The number of rotatable bonds is 7. The second-order valence-corrected chi connectivity index (χ2v) is 6.00. The summed E-state index contributed by atoms with van der Waals surface area (Å²) < 4.78 is 291. The zero-order chi connectivity index (χ0) is 30.0. The van der Waals surface area contributed by atoms with Crippen LogP contribution >= 0.6 is 0 Å². The molecule has 0 aliphatic rings. The molecule has 0 spiro atoms. The maximum atomic E-state index is 13.8. The normalized spacial score (nSPS) is 16.9. The standard InChI is InChI=1S/C11F23NO/c12-2(7(21,22)23,8(24,25)26)1(3(13,14)4(15,16)9(27,28)29)35-36-11(33,34)6(19,20)5(17,18)10(30,31)32/b35-1-. The molecule has 0 aromatic heterocycles. The van der Waals surface area contributed by atoms with E-state index in [1.54, 1.807) is 0 Å². The Labute approximate surface area is 178 Å². The highest BCUT2D eigenvalue weighted by Crippen LogP contribution is 2.57. The Morgan fingerprint density at radius 3 is 0.944 bits per heavy atom. The van der Waals surface area contributed by atoms with Gasteiger partial charge in [-0.05, 0) is 0 Å². The van der Waals surface area contributed by atoms with E-state index in [0.29, 0.717) is 0 Å². The van der Waals surface area contributed by atoms with Crippen molar-refractivity contribution in [1.82, 2.24) is 0 Å². The van der Waals surface area contributed by atoms with Crippen LogP contribution in [0.5, 0.6) is 0 Å². The van der Waals surface area contributed by atoms with E-state index in [1.807, 2.05) is 0 Å². The number of hydrogen-bond donors (Lipinski definition) is 0. The molecule has 0 atom stereocenters. The van der Waals surface area contributed by atoms with E-state index in [9.17, 15) is 101 Å². The summed E-state index contributed by atoms with van der Waals surface area (Å²) in [4.78, 5) is 1.37. The minimum Gasteiger partial charge on any atom is -0.316 e. The highest BCUT2D eigenvalue weighted by molar-refractivity contribution is 6.00. The zero-order valence-corrected chi connectivity index (χ0v) is 15.0. The number of nitrogens with zero attached hydrogens (tertiary/aromatic N) is 1. The molecule has 0 aromatic rings. The average Bonchev–Trinajstić information content (AvgIpc) is 2.56. The summed E-state index contributed by atoms with van der Waals surface area (Å²) in [6.45, 7) is 0. The molecule has 216 valence electrons. The molecule has 0 saturated heterocycles. The lowest BCUT2D eigenvalue weighted by atomic mass is 9.89. The molecule has 0 radical (unpaired) electrons. The summed E-state index contributed by atoms with van der Waals surface area (Å²) >= 11 is 0. The van der Waals surface area contributed by atoms with Gasteiger partial charge < -0.3 is 4.84 Å². The predicted molar refractivity (Wildman–Crippen MR) is 61.3 cm³/mol. The lowest BCUT2D eigenvalue weighted by molar-refractivity contribution is -0.445. The predicted octanol–water partition coefficient (Wildman–Crippen LogP) is 7.45. The molecule has 0 rings (SSSR count). The van der Waals surface area contributed by atoms with Crippen LogP contribution in [0.2, 0.25) is 0 Å². The summed E-state index contributed by atoms with van der Waals surface area (Å²) in [7, 11) is 0. The van der Waals surface area contributed by atoms with Crippen molar-refractivity contribution in [2.75, 3.05) is 0 Å². The van der Waals surface area contributed by atoms with Crippen molar-refractivity contribution in [3.05, 3.63) is 0 Å². The van der Waals surface area contributed by atoms with Crippen LogP contribution < -0.4 is 0 Å². The van der Waals surface area contributed by atoms with Gasteiger partial charge in [-0.3, -0.25) is 0 Å². The molecular weight excluding hydrogens is 599 g/mol. The van der Waals surface area contributed by atoms with Gasteiger partial charge in [0.1, 0.15) is 0 Å². The van der Waals surface area contributed by atoms with Crippen molar-refractivity contribution < 1.29 is 106 Å². The summed E-state index contributed by atoms with van der Waals surface area (Å²) in [5.41, 5.74) is -14.3. The van der Waals surface area contributed by atoms with Crippen LogP contribution in [-0.4, -0.2) is 65.9 Å². The molecule has 0 aliphatic carbocycles. The number of halogens is 23. The first kappa shape index (κ1) is 33.9. The fourth-order valence-corrected chi connectivity index (χ4v) is 1.61. The van der Waals surface area contributed by atoms with E-state index in [1.165, 1.54) is 4.84 Å². The Bertz CT molecular complexity index is 807. The summed E-state index contributed by atoms with van der Waals surface area (Å²) in [6, 6.07) is 0. The van der Waals surface area contributed by atoms with Crippen LogP contribution in [0, 0.1) is 0 Å². The molecule has 0 aliphatic heterocycles. The smallest absolute Gasteiger partial charge is 0.316 e. The van der Waals surface area contributed by atoms with Crippen molar-refractivity contribution >= 4 is 5.71 Å². The third kappa shape index (κ3) is 4.88. The van der Waals surface area contributed by atoms with Crippen molar-refractivity contribution in [2.45, 2.75) is 60.2 Å². The lowest BCUT2D eigenvalue weighted by Gasteiger charge is -2.37. The number of alkyl halides is 23. The number of hydrogen-bond acceptors (Lipinski definition) is 2. The van der Waals surface area contributed by atoms with Gasteiger partial charge in [0, 0.05) is 0 Å². The van der Waals surface area contributed by atoms with E-state index in [4.69, 9.17) is 0 Å². The Morgan fingerprint density at radius 2 is 0.694 bits per heavy atom. The summed E-state index contributed by atoms with van der Waals surface area (Å²) in [5.74, 6) is -33.3. The van der Waals surface area contributed by atoms with Gasteiger partial charge in [0.05, 0.1) is 0 Å². The molecule has 2 nitrogen and oxygen atoms in total. The van der Waals surface area contributed by atoms with Gasteiger partial charge in [-0.15, -0.1) is 0 Å². The fraction of sp³-hybridized carbons (Fsp3) is 0.909. The van der Waals surface area contributed by atoms with Gasteiger partial charge in [-0.1, -0.05) is 5.16 Å². The van der Waals surface area contributed by atoms with Crippen LogP contribution in [-0.2, 0) is 4.84 Å². The highest BCUT2D eigenvalue weighted by Gasteiger charge is 2.87. The Hall–Kier alpha value is -2.14. The third-order valence-electron chi connectivity index (χ3n) is 3.52. The molecule has 0 N–H and O–H groups in total. The van der Waals surface area contributed by atoms with E-state index in [-0.39, 0.29) is 5.16 Å². The molecule has 0 amide bonds. The molecule has 36 heavy (non-hydrogen) atoms. The number of oxime groups is 1. The molecule has 0 unspecified atom stereocenters. The van der Waals surface area contributed by atoms with Crippen LogP contribution in [0.25, 0.3) is 0 Å². The van der Waals surface area contributed by atoms with E-state index < -0.39 is 65.9 Å². The zero-order valence-electron chi connectivity index (χ0n) is 15.0. The second kappa shape index (κ2) is 8.44. The van der Waals surface area contributed by atoms with Gasteiger partial charge in [0.15, 0.2) is 5.71 Å². The molecule has 0 heterocycles. The van der Waals surface area contributed by atoms with Gasteiger partial charge >= 0.3 is 60.2 Å². The van der Waals surface area contributed by atoms with E-state index in [2.05, 4.69) is 0 Å². The van der Waals surface area contributed by atoms with E-state index >= 15 is 0 Å². The fourth-order valence-electron chi connectivity index (χ4n) is 1.61. The maximum absolute atomic E-state index is 13.8. The van der Waals surface area contributed by atoms with Crippen molar-refractivity contribution in [1.29, 1.82) is 0 Å². The average molecular weight is 599 g/mol. The maximum Gasteiger partial charge on any atom is 0.490 e. The first-order chi connectivity index (χ1) is 15.1. The highest BCUT2D eigenvalue weighted by atomic mass is 19.4. The van der Waals surface area contributed by atoms with Crippen LogP contribution in [0.4, 0.5) is 101 Å². The van der Waals surface area contributed by atoms with Crippen molar-refractivity contribution in [2.24, 2.45) is 5.16 Å². The topological polar surface area (TPSA) is 21.6 Å². The largest absolute Gasteiger partial charge is 0.490 e. The summed E-state index contributed by atoms with van der Waals surface area (Å²) in [6.07, 6.45) is -40.4. The molecule has 0 saturated carbocycles. The Balaban J connectivity index is 7.48. The monoisotopic (exact) mass is 599 g/mol. The lowest BCUT2D eigenvalue weighted by Crippen LogP contribution is -2.69. The van der Waals surface area contributed by atoms with Crippen LogP contribution in [0.1, 0.15) is 0 Å². The molecule has 0 aromatic carbocycles. The quantitative estimate of drug-likeness (QED) is 0.169. The Kier molecular flexibility index (Phi) is 7.94. The second-order valence-electron chi connectivity index (χ2n) is 6.00. The van der Waals surface area contributed by atoms with Crippen LogP contribution in [0.3, 0.4) is 0 Å². The van der Waals surface area contributed by atoms with Crippen molar-refractivity contribution in [3.63, 3.8) is 0 Å².